The van der Waals surface area contributed by atoms with E-state index in [-0.39, 0.29) is 16.8 Å². The van der Waals surface area contributed by atoms with Crippen LogP contribution in [-0.4, -0.2) is 54.9 Å². The molecule has 0 spiro atoms. The summed E-state index contributed by atoms with van der Waals surface area (Å²) in [6, 6.07) is 5.72. The van der Waals surface area contributed by atoms with Crippen molar-refractivity contribution in [2.45, 2.75) is 34.6 Å². The zero-order chi connectivity index (χ0) is 20.1. The maximum absolute atomic E-state index is 8.68. The van der Waals surface area contributed by atoms with Crippen molar-refractivity contribution in [1.82, 2.24) is 4.98 Å². The summed E-state index contributed by atoms with van der Waals surface area (Å²) in [7, 11) is 0. The van der Waals surface area contributed by atoms with Gasteiger partial charge in [0.05, 0.1) is 0 Å². The number of nitrogens with zero attached hydrogens (tertiary/aromatic N) is 5. The number of carbonyl (C=O) groups excluding carboxylic acids is 1. The molecular formula is C15H24CoN5O5-. The molecule has 0 aliphatic heterocycles. The first kappa shape index (κ1) is 31.0. The Labute approximate surface area is 162 Å². The molecular weight excluding hydrogens is 389 g/mol. The average molecular weight is 413 g/mol. The van der Waals surface area contributed by atoms with E-state index >= 15 is 0 Å². The van der Waals surface area contributed by atoms with Crippen molar-refractivity contribution in [2.24, 2.45) is 20.6 Å². The minimum absolute atomic E-state index is 0. The molecule has 10 nitrogen and oxygen atoms in total. The molecule has 1 radical (unpaired) electrons. The summed E-state index contributed by atoms with van der Waals surface area (Å²) in [5.41, 5.74) is 1.25. The van der Waals surface area contributed by atoms with Gasteiger partial charge in [-0.15, -0.1) is 0 Å². The average Bonchev–Trinajstić information content (AvgIpc) is 2.68. The molecule has 0 bridgehead atoms. The molecule has 26 heavy (non-hydrogen) atoms. The molecule has 11 heteroatoms. The second-order valence-electron chi connectivity index (χ2n) is 3.97. The predicted molar refractivity (Wildman–Crippen MR) is 95.2 cm³/mol. The first-order valence-corrected chi connectivity index (χ1v) is 6.75. The van der Waals surface area contributed by atoms with E-state index in [1.165, 1.54) is 40.9 Å². The molecule has 0 aromatic carbocycles. The van der Waals surface area contributed by atoms with Crippen LogP contribution < -0.4 is 0 Å². The molecule has 4 N–H and O–H groups in total. The van der Waals surface area contributed by atoms with Crippen LogP contribution in [0.1, 0.15) is 34.6 Å². The number of hydrogen-bond acceptors (Lipinski definition) is 10. The van der Waals surface area contributed by atoms with Gasteiger partial charge < -0.3 is 25.6 Å². The number of aromatic nitrogens is 1. The van der Waals surface area contributed by atoms with Crippen LogP contribution in [0.4, 0.5) is 0 Å². The molecule has 0 saturated heterocycles. The molecule has 1 aromatic heterocycles. The molecule has 0 atom stereocenters. The van der Waals surface area contributed by atoms with Crippen molar-refractivity contribution >= 4 is 29.1 Å². The van der Waals surface area contributed by atoms with Gasteiger partial charge in [-0.25, -0.2) is 0 Å². The molecule has 0 amide bonds. The van der Waals surface area contributed by atoms with Gasteiger partial charge in [-0.05, 0) is 39.8 Å². The third kappa shape index (κ3) is 23.5. The zero-order valence-corrected chi connectivity index (χ0v) is 16.2. The van der Waals surface area contributed by atoms with Gasteiger partial charge in [0.25, 0.3) is 0 Å². The topological polar surface area (TPSA) is 160 Å². The number of pyridine rings is 1. The van der Waals surface area contributed by atoms with Gasteiger partial charge >= 0.3 is 0 Å². The van der Waals surface area contributed by atoms with Crippen LogP contribution in [0, 0.1) is 0 Å². The largest absolute Gasteiger partial charge is 0.542 e. The Morgan fingerprint density at radius 3 is 1.04 bits per heavy atom. The Morgan fingerprint density at radius 1 is 0.731 bits per heavy atom. The van der Waals surface area contributed by atoms with E-state index in [0.29, 0.717) is 22.8 Å². The third-order valence-corrected chi connectivity index (χ3v) is 2.21. The summed E-state index contributed by atoms with van der Waals surface area (Å²) >= 11 is 0. The summed E-state index contributed by atoms with van der Waals surface area (Å²) in [4.78, 5) is 12.5. The predicted octanol–water partition coefficient (Wildman–Crippen LogP) is 2.57. The van der Waals surface area contributed by atoms with Crippen LogP contribution in [-0.2, 0) is 21.6 Å². The van der Waals surface area contributed by atoms with Crippen molar-refractivity contribution in [2.75, 3.05) is 0 Å². The van der Waals surface area contributed by atoms with Crippen LogP contribution in [0.5, 0.6) is 0 Å². The Kier molecular flexibility index (Phi) is 29.2. The molecule has 0 saturated carbocycles. The van der Waals surface area contributed by atoms with E-state index in [2.05, 4.69) is 25.6 Å². The fourth-order valence-electron chi connectivity index (χ4n) is 0.602. The van der Waals surface area contributed by atoms with E-state index in [1.54, 1.807) is 12.4 Å². The van der Waals surface area contributed by atoms with E-state index in [4.69, 9.17) is 25.6 Å². The Hall–Kier alpha value is -2.79. The minimum atomic E-state index is 0. The van der Waals surface area contributed by atoms with Gasteiger partial charge in [-0.3, -0.25) is 11.3 Å². The molecule has 0 unspecified atom stereocenters. The van der Waals surface area contributed by atoms with E-state index in [1.807, 2.05) is 18.2 Å². The smallest absolute Gasteiger partial charge is 0.101 e. The maximum Gasteiger partial charge on any atom is 0.101 e. The van der Waals surface area contributed by atoms with Crippen LogP contribution in [0.2, 0.25) is 0 Å². The van der Waals surface area contributed by atoms with E-state index in [0.717, 1.165) is 0 Å². The van der Waals surface area contributed by atoms with Gasteiger partial charge in [-0.1, -0.05) is 26.7 Å². The van der Waals surface area contributed by atoms with Gasteiger partial charge in [-0.2, -0.15) is 6.92 Å². The van der Waals surface area contributed by atoms with Crippen molar-refractivity contribution in [3.8, 4) is 0 Å². The maximum atomic E-state index is 8.68. The standard InChI is InChI=1S/C5H5N.2C4H8N2O2.C2H3O.Co/c1-2-4-6-5-3-1;2*1-3(5-7)4(2)6-8;1-2-3;/h1-5H;2*7-8H,1-2H3;1H3;/q;;;-1;/b;2*5-3+,6-4+;;. The zero-order valence-electron chi connectivity index (χ0n) is 15.2. The molecule has 0 aliphatic rings. The Balaban J connectivity index is -0.000000128. The Morgan fingerprint density at radius 2 is 0.962 bits per heavy atom. The van der Waals surface area contributed by atoms with Crippen molar-refractivity contribution < 1.29 is 42.4 Å². The van der Waals surface area contributed by atoms with Crippen LogP contribution in [0.25, 0.3) is 0 Å². The number of oxime groups is 4. The van der Waals surface area contributed by atoms with Crippen molar-refractivity contribution in [3.63, 3.8) is 0 Å². The quantitative estimate of drug-likeness (QED) is 0.252. The first-order valence-electron chi connectivity index (χ1n) is 6.75. The molecule has 1 rings (SSSR count). The van der Waals surface area contributed by atoms with Gasteiger partial charge in [0.2, 0.25) is 0 Å². The van der Waals surface area contributed by atoms with Gasteiger partial charge in [0.1, 0.15) is 22.8 Å². The summed E-state index contributed by atoms with van der Waals surface area (Å²) in [5.74, 6) is 0. The SMILES string of the molecule is CC(=N\O)/C(C)=N/O.CC(=N\O)/C(C)=N/O.C[C-]=O.[Co].c1ccncc1. The summed E-state index contributed by atoms with van der Waals surface area (Å²) in [6.07, 6.45) is 5.00. The van der Waals surface area contributed by atoms with Crippen molar-refractivity contribution in [1.29, 1.82) is 0 Å². The summed E-state index contributed by atoms with van der Waals surface area (Å²) < 4.78 is 0. The number of hydrogen-bond donors (Lipinski definition) is 4. The fourth-order valence-corrected chi connectivity index (χ4v) is 0.602. The normalized spacial score (nSPS) is 11.1. The first-order chi connectivity index (χ1) is 11.9. The monoisotopic (exact) mass is 413 g/mol. The number of rotatable bonds is 2. The molecule has 1 aromatic rings. The summed E-state index contributed by atoms with van der Waals surface area (Å²) in [6.45, 7) is 7.47. The fraction of sp³-hybridized carbons (Fsp3) is 0.333. The second-order valence-corrected chi connectivity index (χ2v) is 3.97. The van der Waals surface area contributed by atoms with E-state index in [9.17, 15) is 0 Å². The molecule has 1 heterocycles. The molecule has 0 aliphatic carbocycles. The van der Waals surface area contributed by atoms with Crippen molar-refractivity contribution in [3.05, 3.63) is 30.6 Å². The molecule has 0 fully saturated rings. The Bertz CT molecular complexity index is 472. The second kappa shape index (κ2) is 24.5. The van der Waals surface area contributed by atoms with Crippen LogP contribution >= 0.6 is 0 Å². The van der Waals surface area contributed by atoms with E-state index < -0.39 is 0 Å². The molecule has 149 valence electrons. The van der Waals surface area contributed by atoms with Crippen LogP contribution in [0.15, 0.2) is 51.2 Å². The van der Waals surface area contributed by atoms with Crippen LogP contribution in [0.3, 0.4) is 0 Å². The minimum Gasteiger partial charge on any atom is -0.542 e. The summed E-state index contributed by atoms with van der Waals surface area (Å²) in [5, 5.41) is 43.3. The van der Waals surface area contributed by atoms with Gasteiger partial charge in [0.15, 0.2) is 0 Å². The third-order valence-electron chi connectivity index (χ3n) is 2.21. The van der Waals surface area contributed by atoms with Gasteiger partial charge in [0, 0.05) is 29.2 Å².